The van der Waals surface area contributed by atoms with Crippen molar-refractivity contribution >= 4 is 28.3 Å². The maximum atomic E-state index is 13.0. The van der Waals surface area contributed by atoms with Crippen LogP contribution in [0.1, 0.15) is 28.5 Å². The van der Waals surface area contributed by atoms with Crippen LogP contribution in [0.2, 0.25) is 0 Å². The summed E-state index contributed by atoms with van der Waals surface area (Å²) in [6.07, 6.45) is 3.91. The maximum absolute atomic E-state index is 13.0. The summed E-state index contributed by atoms with van der Waals surface area (Å²) in [6, 6.07) is 17.4. The summed E-state index contributed by atoms with van der Waals surface area (Å²) in [5.41, 5.74) is 2.02. The van der Waals surface area contributed by atoms with Crippen LogP contribution in [0.25, 0.3) is 10.8 Å². The Bertz CT molecular complexity index is 1370. The molecule has 0 aliphatic heterocycles. The van der Waals surface area contributed by atoms with Crippen LogP contribution in [-0.4, -0.2) is 33.2 Å². The van der Waals surface area contributed by atoms with Crippen molar-refractivity contribution in [2.24, 2.45) is 0 Å². The predicted octanol–water partition coefficient (Wildman–Crippen LogP) is 3.20. The number of amides is 1. The van der Waals surface area contributed by atoms with Gasteiger partial charge in [0.1, 0.15) is 6.54 Å². The number of nitrogens with zero attached hydrogens (tertiary/aromatic N) is 3. The van der Waals surface area contributed by atoms with E-state index < -0.39 is 11.9 Å². The van der Waals surface area contributed by atoms with Gasteiger partial charge in [0.05, 0.1) is 23.3 Å². The van der Waals surface area contributed by atoms with Gasteiger partial charge in [0.25, 0.3) is 5.56 Å². The van der Waals surface area contributed by atoms with Crippen LogP contribution in [0.15, 0.2) is 77.9 Å². The summed E-state index contributed by atoms with van der Waals surface area (Å²) in [4.78, 5) is 41.8. The Labute approximate surface area is 189 Å². The average Bonchev–Trinajstić information content (AvgIpc) is 2.83. The average molecular weight is 442 g/mol. The molecule has 0 unspecified atom stereocenters. The molecule has 2 aromatic heterocycles. The molecule has 2 heterocycles. The largest absolute Gasteiger partial charge is 0.462 e. The molecular formula is C25H22N4O4. The molecule has 1 amide bonds. The number of esters is 1. The van der Waals surface area contributed by atoms with Gasteiger partial charge < -0.3 is 10.1 Å². The minimum absolute atomic E-state index is 0.257. The van der Waals surface area contributed by atoms with Gasteiger partial charge in [-0.15, -0.1) is 0 Å². The van der Waals surface area contributed by atoms with E-state index in [2.05, 4.69) is 15.4 Å². The van der Waals surface area contributed by atoms with Crippen molar-refractivity contribution in [2.75, 3.05) is 11.9 Å². The van der Waals surface area contributed by atoms with Crippen LogP contribution in [0.3, 0.4) is 0 Å². The number of ether oxygens (including phenoxy) is 1. The number of pyridine rings is 1. The highest BCUT2D eigenvalue weighted by Gasteiger charge is 2.14. The van der Waals surface area contributed by atoms with E-state index in [9.17, 15) is 14.4 Å². The first-order valence-corrected chi connectivity index (χ1v) is 10.5. The Morgan fingerprint density at radius 2 is 1.85 bits per heavy atom. The molecule has 166 valence electrons. The molecule has 33 heavy (non-hydrogen) atoms. The normalized spacial score (nSPS) is 10.7. The number of anilines is 1. The van der Waals surface area contributed by atoms with Gasteiger partial charge in [0.15, 0.2) is 0 Å². The zero-order valence-corrected chi connectivity index (χ0v) is 18.0. The first kappa shape index (κ1) is 21.9. The topological polar surface area (TPSA) is 103 Å². The molecule has 0 saturated heterocycles. The number of hydrogen-bond acceptors (Lipinski definition) is 6. The zero-order valence-electron chi connectivity index (χ0n) is 18.0. The number of nitrogens with one attached hydrogen (secondary N) is 1. The highest BCUT2D eigenvalue weighted by molar-refractivity contribution is 5.94. The Balaban J connectivity index is 1.60. The fraction of sp³-hybridized carbons (Fsp3) is 0.160. The molecule has 0 aliphatic carbocycles. The maximum Gasteiger partial charge on any atom is 0.338 e. The van der Waals surface area contributed by atoms with Crippen LogP contribution in [0.5, 0.6) is 0 Å². The molecule has 8 nitrogen and oxygen atoms in total. The highest BCUT2D eigenvalue weighted by atomic mass is 16.5. The van der Waals surface area contributed by atoms with E-state index >= 15 is 0 Å². The first-order valence-electron chi connectivity index (χ1n) is 10.5. The quantitative estimate of drug-likeness (QED) is 0.441. The van der Waals surface area contributed by atoms with Crippen molar-refractivity contribution in [1.29, 1.82) is 0 Å². The number of benzene rings is 2. The van der Waals surface area contributed by atoms with Crippen molar-refractivity contribution in [3.05, 3.63) is 100 Å². The molecular weight excluding hydrogens is 420 g/mol. The summed E-state index contributed by atoms with van der Waals surface area (Å²) in [7, 11) is 0. The summed E-state index contributed by atoms with van der Waals surface area (Å²) >= 11 is 0. The Hall–Kier alpha value is -4.33. The predicted molar refractivity (Wildman–Crippen MR) is 124 cm³/mol. The van der Waals surface area contributed by atoms with Crippen LogP contribution in [0, 0.1) is 0 Å². The second kappa shape index (κ2) is 9.86. The summed E-state index contributed by atoms with van der Waals surface area (Å²) < 4.78 is 6.16. The van der Waals surface area contributed by atoms with Gasteiger partial charge in [0.2, 0.25) is 5.91 Å². The molecule has 0 saturated carbocycles. The molecule has 1 N–H and O–H groups in total. The molecule has 0 atom stereocenters. The second-order valence-electron chi connectivity index (χ2n) is 7.34. The molecule has 0 fully saturated rings. The van der Waals surface area contributed by atoms with E-state index in [0.717, 1.165) is 10.9 Å². The van der Waals surface area contributed by atoms with Crippen LogP contribution >= 0.6 is 0 Å². The van der Waals surface area contributed by atoms with E-state index in [4.69, 9.17) is 4.74 Å². The van der Waals surface area contributed by atoms with Crippen molar-refractivity contribution < 1.29 is 14.3 Å². The van der Waals surface area contributed by atoms with Crippen LogP contribution in [0.4, 0.5) is 5.69 Å². The third-order valence-corrected chi connectivity index (χ3v) is 4.99. The number of hydrogen-bond donors (Lipinski definition) is 1. The molecule has 8 heteroatoms. The lowest BCUT2D eigenvalue weighted by Crippen LogP contribution is -2.30. The number of fused-ring (bicyclic) bond motifs is 1. The molecule has 0 aliphatic rings. The summed E-state index contributed by atoms with van der Waals surface area (Å²) in [5, 5.41) is 8.43. The lowest BCUT2D eigenvalue weighted by atomic mass is 10.1. The highest BCUT2D eigenvalue weighted by Crippen LogP contribution is 2.17. The monoisotopic (exact) mass is 442 g/mol. The SMILES string of the molecule is CCOC(=O)c1cccc(NC(=O)Cn2nc(Cc3cccnc3)c3ccccc3c2=O)c1. The molecule has 4 rings (SSSR count). The van der Waals surface area contributed by atoms with Crippen LogP contribution < -0.4 is 10.9 Å². The second-order valence-corrected chi connectivity index (χ2v) is 7.34. The fourth-order valence-corrected chi connectivity index (χ4v) is 3.51. The van der Waals surface area contributed by atoms with E-state index in [1.165, 1.54) is 10.7 Å². The third kappa shape index (κ3) is 5.12. The van der Waals surface area contributed by atoms with Gasteiger partial charge in [-0.2, -0.15) is 5.10 Å². The number of carbonyl (C=O) groups excluding carboxylic acids is 2. The lowest BCUT2D eigenvalue weighted by Gasteiger charge is -2.12. The fourth-order valence-electron chi connectivity index (χ4n) is 3.51. The van der Waals surface area contributed by atoms with Gasteiger partial charge in [-0.25, -0.2) is 9.48 Å². The van der Waals surface area contributed by atoms with Crippen molar-refractivity contribution in [3.63, 3.8) is 0 Å². The van der Waals surface area contributed by atoms with Crippen LogP contribution in [-0.2, 0) is 22.5 Å². The Kier molecular flexibility index (Phi) is 6.54. The third-order valence-electron chi connectivity index (χ3n) is 4.99. The van der Waals surface area contributed by atoms with E-state index in [0.29, 0.717) is 28.8 Å². The lowest BCUT2D eigenvalue weighted by molar-refractivity contribution is -0.117. The minimum atomic E-state index is -0.471. The molecule has 0 bridgehead atoms. The van der Waals surface area contributed by atoms with E-state index in [-0.39, 0.29) is 18.7 Å². The Morgan fingerprint density at radius 1 is 1.03 bits per heavy atom. The molecule has 0 radical (unpaired) electrons. The van der Waals surface area contributed by atoms with Crippen molar-refractivity contribution in [3.8, 4) is 0 Å². The van der Waals surface area contributed by atoms with Gasteiger partial charge in [-0.05, 0) is 42.8 Å². The van der Waals surface area contributed by atoms with Gasteiger partial charge in [-0.1, -0.05) is 30.3 Å². The zero-order chi connectivity index (χ0) is 23.2. The molecule has 2 aromatic carbocycles. The van der Waals surface area contributed by atoms with Crippen molar-refractivity contribution in [1.82, 2.24) is 14.8 Å². The number of carbonyl (C=O) groups is 2. The smallest absolute Gasteiger partial charge is 0.338 e. The minimum Gasteiger partial charge on any atom is -0.462 e. The van der Waals surface area contributed by atoms with E-state index in [1.807, 2.05) is 24.3 Å². The molecule has 4 aromatic rings. The number of aromatic nitrogens is 3. The first-order chi connectivity index (χ1) is 16.0. The Morgan fingerprint density at radius 3 is 2.61 bits per heavy atom. The standard InChI is InChI=1S/C25H22N4O4/c1-2-33-25(32)18-8-5-9-19(14-18)27-23(30)16-29-24(31)21-11-4-3-10-20(21)22(28-29)13-17-7-6-12-26-15-17/h3-12,14-15H,2,13,16H2,1H3,(H,27,30). The van der Waals surface area contributed by atoms with Crippen molar-refractivity contribution in [2.45, 2.75) is 19.9 Å². The summed E-state index contributed by atoms with van der Waals surface area (Å²) in [5.74, 6) is -0.908. The number of rotatable bonds is 7. The molecule has 0 spiro atoms. The van der Waals surface area contributed by atoms with E-state index in [1.54, 1.807) is 49.6 Å². The van der Waals surface area contributed by atoms with Gasteiger partial charge in [-0.3, -0.25) is 14.6 Å². The van der Waals surface area contributed by atoms with Gasteiger partial charge >= 0.3 is 5.97 Å². The summed E-state index contributed by atoms with van der Waals surface area (Å²) in [6.45, 7) is 1.71. The van der Waals surface area contributed by atoms with Gasteiger partial charge in [0, 0.05) is 29.9 Å².